The lowest BCUT2D eigenvalue weighted by Crippen LogP contribution is -2.39. The van der Waals surface area contributed by atoms with Crippen molar-refractivity contribution in [1.29, 1.82) is 0 Å². The van der Waals surface area contributed by atoms with Gasteiger partial charge in [-0.2, -0.15) is 0 Å². The van der Waals surface area contributed by atoms with Crippen molar-refractivity contribution in [3.8, 4) is 0 Å². The molecule has 1 amide bonds. The molecule has 3 heteroatoms. The lowest BCUT2D eigenvalue weighted by atomic mass is 9.87. The van der Waals surface area contributed by atoms with Gasteiger partial charge in [0.05, 0.1) is 0 Å². The molecule has 3 nitrogen and oxygen atoms in total. The van der Waals surface area contributed by atoms with Gasteiger partial charge >= 0.3 is 0 Å². The maximum atomic E-state index is 11.8. The average Bonchev–Trinajstić information content (AvgIpc) is 2.61. The second-order valence-electron chi connectivity index (χ2n) is 5.27. The first kappa shape index (κ1) is 10.9. The maximum Gasteiger partial charge on any atom is 0.223 e. The van der Waals surface area contributed by atoms with Crippen molar-refractivity contribution in [2.45, 2.75) is 45.1 Å². The van der Waals surface area contributed by atoms with Crippen LogP contribution in [0.25, 0.3) is 0 Å². The molecule has 1 saturated carbocycles. The molecule has 0 aromatic heterocycles. The van der Waals surface area contributed by atoms with Crippen molar-refractivity contribution in [2.75, 3.05) is 13.1 Å². The van der Waals surface area contributed by atoms with Gasteiger partial charge in [0.25, 0.3) is 0 Å². The zero-order chi connectivity index (χ0) is 10.8. The summed E-state index contributed by atoms with van der Waals surface area (Å²) in [5, 5.41) is 0. The SMILES string of the molecule is CC1CCC(N2CC(CN)CC2=O)CC1. The van der Waals surface area contributed by atoms with Gasteiger partial charge in [-0.1, -0.05) is 6.92 Å². The Bertz CT molecular complexity index is 234. The van der Waals surface area contributed by atoms with Crippen LogP contribution >= 0.6 is 0 Å². The first-order chi connectivity index (χ1) is 7.20. The molecule has 0 bridgehead atoms. The minimum Gasteiger partial charge on any atom is -0.339 e. The van der Waals surface area contributed by atoms with Crippen LogP contribution in [0.2, 0.25) is 0 Å². The van der Waals surface area contributed by atoms with Gasteiger partial charge in [0.15, 0.2) is 0 Å². The summed E-state index contributed by atoms with van der Waals surface area (Å²) in [5.74, 6) is 1.60. The van der Waals surface area contributed by atoms with Gasteiger partial charge in [-0.25, -0.2) is 0 Å². The molecule has 1 saturated heterocycles. The number of hydrogen-bond acceptors (Lipinski definition) is 2. The van der Waals surface area contributed by atoms with Crippen molar-refractivity contribution in [3.05, 3.63) is 0 Å². The summed E-state index contributed by atoms with van der Waals surface area (Å²) in [6, 6.07) is 0.519. The highest BCUT2D eigenvalue weighted by atomic mass is 16.2. The van der Waals surface area contributed by atoms with Crippen LogP contribution in [-0.4, -0.2) is 29.9 Å². The van der Waals surface area contributed by atoms with Crippen LogP contribution in [0.15, 0.2) is 0 Å². The summed E-state index contributed by atoms with van der Waals surface area (Å²) in [6.45, 7) is 3.88. The molecule has 0 aromatic rings. The van der Waals surface area contributed by atoms with E-state index in [0.717, 1.165) is 12.5 Å². The van der Waals surface area contributed by atoms with Gasteiger partial charge in [-0.3, -0.25) is 4.79 Å². The van der Waals surface area contributed by atoms with E-state index in [0.29, 0.717) is 30.8 Å². The third kappa shape index (κ3) is 2.33. The quantitative estimate of drug-likeness (QED) is 0.748. The number of nitrogens with zero attached hydrogens (tertiary/aromatic N) is 1. The topological polar surface area (TPSA) is 46.3 Å². The van der Waals surface area contributed by atoms with E-state index < -0.39 is 0 Å². The summed E-state index contributed by atoms with van der Waals surface area (Å²) in [6.07, 6.45) is 5.64. The third-order valence-electron chi connectivity index (χ3n) is 4.00. The van der Waals surface area contributed by atoms with Crippen LogP contribution in [0.4, 0.5) is 0 Å². The van der Waals surface area contributed by atoms with Crippen molar-refractivity contribution >= 4 is 5.91 Å². The molecule has 0 spiro atoms. The van der Waals surface area contributed by atoms with Gasteiger partial charge < -0.3 is 10.6 Å². The standard InChI is InChI=1S/C12H22N2O/c1-9-2-4-11(5-3-9)14-8-10(7-13)6-12(14)15/h9-11H,2-8,13H2,1H3. The minimum absolute atomic E-state index is 0.338. The molecule has 1 aliphatic carbocycles. The van der Waals surface area contributed by atoms with Gasteiger partial charge in [0, 0.05) is 19.0 Å². The van der Waals surface area contributed by atoms with Gasteiger partial charge in [-0.05, 0) is 44.1 Å². The molecule has 0 radical (unpaired) electrons. The number of likely N-dealkylation sites (tertiary alicyclic amines) is 1. The first-order valence-electron chi connectivity index (χ1n) is 6.20. The van der Waals surface area contributed by atoms with Gasteiger partial charge in [0.1, 0.15) is 0 Å². The Balaban J connectivity index is 1.91. The minimum atomic E-state index is 0.338. The van der Waals surface area contributed by atoms with Crippen LogP contribution in [0.5, 0.6) is 0 Å². The second-order valence-corrected chi connectivity index (χ2v) is 5.27. The summed E-state index contributed by atoms with van der Waals surface area (Å²) >= 11 is 0. The molecule has 2 rings (SSSR count). The molecule has 1 heterocycles. The summed E-state index contributed by atoms with van der Waals surface area (Å²) in [4.78, 5) is 13.9. The first-order valence-corrected chi connectivity index (χ1v) is 6.20. The zero-order valence-electron chi connectivity index (χ0n) is 9.61. The Labute approximate surface area is 92.0 Å². The molecule has 1 atom stereocenters. The molecular weight excluding hydrogens is 188 g/mol. The molecule has 86 valence electrons. The van der Waals surface area contributed by atoms with Gasteiger partial charge in [0.2, 0.25) is 5.91 Å². The number of rotatable bonds is 2. The van der Waals surface area contributed by atoms with E-state index in [1.165, 1.54) is 25.7 Å². The highest BCUT2D eigenvalue weighted by molar-refractivity contribution is 5.79. The normalized spacial score (nSPS) is 37.3. The van der Waals surface area contributed by atoms with Gasteiger partial charge in [-0.15, -0.1) is 0 Å². The molecule has 15 heavy (non-hydrogen) atoms. The molecule has 1 aliphatic heterocycles. The predicted octanol–water partition coefficient (Wildman–Crippen LogP) is 1.37. The highest BCUT2D eigenvalue weighted by Crippen LogP contribution is 2.30. The van der Waals surface area contributed by atoms with Crippen molar-refractivity contribution in [2.24, 2.45) is 17.6 Å². The van der Waals surface area contributed by atoms with E-state index in [2.05, 4.69) is 11.8 Å². The number of hydrogen-bond donors (Lipinski definition) is 1. The largest absolute Gasteiger partial charge is 0.339 e. The number of carbonyl (C=O) groups excluding carboxylic acids is 1. The fourth-order valence-electron chi connectivity index (χ4n) is 2.87. The van der Waals surface area contributed by atoms with Crippen LogP contribution in [0.3, 0.4) is 0 Å². The Morgan fingerprint density at radius 1 is 1.33 bits per heavy atom. The van der Waals surface area contributed by atoms with Crippen LogP contribution in [-0.2, 0) is 4.79 Å². The summed E-state index contributed by atoms with van der Waals surface area (Å²) in [5.41, 5.74) is 5.63. The monoisotopic (exact) mass is 210 g/mol. The van der Waals surface area contributed by atoms with Crippen LogP contribution < -0.4 is 5.73 Å². The summed E-state index contributed by atoms with van der Waals surface area (Å²) in [7, 11) is 0. The molecule has 0 aromatic carbocycles. The Morgan fingerprint density at radius 3 is 2.53 bits per heavy atom. The Morgan fingerprint density at radius 2 is 2.00 bits per heavy atom. The fourth-order valence-corrected chi connectivity index (χ4v) is 2.87. The Hall–Kier alpha value is -0.570. The van der Waals surface area contributed by atoms with E-state index in [1.54, 1.807) is 0 Å². The van der Waals surface area contributed by atoms with E-state index in [-0.39, 0.29) is 0 Å². The number of amides is 1. The predicted molar refractivity (Wildman–Crippen MR) is 60.3 cm³/mol. The molecule has 1 unspecified atom stereocenters. The third-order valence-corrected chi connectivity index (χ3v) is 4.00. The lowest BCUT2D eigenvalue weighted by molar-refractivity contribution is -0.130. The van der Waals surface area contributed by atoms with Crippen LogP contribution in [0.1, 0.15) is 39.0 Å². The molecule has 2 aliphatic rings. The van der Waals surface area contributed by atoms with Crippen molar-refractivity contribution in [3.63, 3.8) is 0 Å². The van der Waals surface area contributed by atoms with E-state index in [1.807, 2.05) is 0 Å². The van der Waals surface area contributed by atoms with Crippen molar-refractivity contribution < 1.29 is 4.79 Å². The van der Waals surface area contributed by atoms with Crippen molar-refractivity contribution in [1.82, 2.24) is 4.90 Å². The number of carbonyl (C=O) groups is 1. The highest BCUT2D eigenvalue weighted by Gasteiger charge is 2.34. The van der Waals surface area contributed by atoms with E-state index in [9.17, 15) is 4.79 Å². The Kier molecular flexibility index (Phi) is 3.29. The zero-order valence-corrected chi connectivity index (χ0v) is 9.61. The average molecular weight is 210 g/mol. The summed E-state index contributed by atoms with van der Waals surface area (Å²) < 4.78 is 0. The molecule has 2 N–H and O–H groups in total. The number of nitrogens with two attached hydrogens (primary N) is 1. The maximum absolute atomic E-state index is 11.8. The van der Waals surface area contributed by atoms with E-state index >= 15 is 0 Å². The second kappa shape index (κ2) is 4.52. The van der Waals surface area contributed by atoms with Crippen LogP contribution in [0, 0.1) is 11.8 Å². The molecular formula is C12H22N2O. The lowest BCUT2D eigenvalue weighted by Gasteiger charge is -2.33. The smallest absolute Gasteiger partial charge is 0.223 e. The molecule has 2 fully saturated rings. The fraction of sp³-hybridized carbons (Fsp3) is 0.917. The van der Waals surface area contributed by atoms with E-state index in [4.69, 9.17) is 5.73 Å².